The van der Waals surface area contributed by atoms with E-state index in [1.54, 1.807) is 0 Å². The Morgan fingerprint density at radius 2 is 2.05 bits per heavy atom. The van der Waals surface area contributed by atoms with E-state index in [9.17, 15) is 19.8 Å². The monoisotopic (exact) mass is 269 g/mol. The molecular weight excluding hydrogens is 254 g/mol. The molecule has 3 N–H and O–H groups in total. The fourth-order valence-electron chi connectivity index (χ4n) is 1.33. The number of rotatable bonds is 5. The summed E-state index contributed by atoms with van der Waals surface area (Å²) in [5.41, 5.74) is 0.0119. The molecule has 7 nitrogen and oxygen atoms in total. The molecule has 1 amide bonds. The first-order chi connectivity index (χ1) is 8.99. The zero-order valence-corrected chi connectivity index (χ0v) is 10.5. The molecule has 0 heterocycles. The number of aliphatic hydroxyl groups excluding tert-OH is 1. The second-order valence-electron chi connectivity index (χ2n) is 3.63. The molecule has 0 bridgehead atoms. The summed E-state index contributed by atoms with van der Waals surface area (Å²) in [5.74, 6) is -1.32. The van der Waals surface area contributed by atoms with Gasteiger partial charge in [-0.15, -0.1) is 0 Å². The van der Waals surface area contributed by atoms with Crippen molar-refractivity contribution in [3.8, 4) is 11.5 Å². The number of nitrogens with one attached hydrogen (secondary N) is 1. The number of carbonyl (C=O) groups is 2. The highest BCUT2D eigenvalue weighted by Crippen LogP contribution is 2.23. The maximum Gasteiger partial charge on any atom is 0.336 e. The van der Waals surface area contributed by atoms with Gasteiger partial charge in [-0.05, 0) is 12.1 Å². The third-order valence-electron chi connectivity index (χ3n) is 2.38. The molecule has 0 radical (unpaired) electrons. The highest BCUT2D eigenvalue weighted by molar-refractivity contribution is 5.97. The Morgan fingerprint density at radius 3 is 2.58 bits per heavy atom. The number of amides is 1. The second kappa shape index (κ2) is 6.60. The van der Waals surface area contributed by atoms with E-state index in [1.807, 2.05) is 0 Å². The van der Waals surface area contributed by atoms with E-state index in [-0.39, 0.29) is 17.9 Å². The lowest BCUT2D eigenvalue weighted by atomic mass is 10.1. The number of methoxy groups -OCH3 is 2. The highest BCUT2D eigenvalue weighted by Gasteiger charge is 2.18. The largest absolute Gasteiger partial charge is 0.507 e. The SMILES string of the molecule is COC(=O)C(O)CNC(=O)c1ccc(OC)cc1O. The van der Waals surface area contributed by atoms with Crippen LogP contribution in [0.4, 0.5) is 0 Å². The fourth-order valence-corrected chi connectivity index (χ4v) is 1.33. The zero-order valence-electron chi connectivity index (χ0n) is 10.5. The van der Waals surface area contributed by atoms with Crippen molar-refractivity contribution in [1.29, 1.82) is 0 Å². The zero-order chi connectivity index (χ0) is 14.4. The first-order valence-corrected chi connectivity index (χ1v) is 5.40. The lowest BCUT2D eigenvalue weighted by molar-refractivity contribution is -0.149. The molecule has 0 aromatic heterocycles. The van der Waals surface area contributed by atoms with Crippen LogP contribution in [0.5, 0.6) is 11.5 Å². The maximum absolute atomic E-state index is 11.7. The van der Waals surface area contributed by atoms with Gasteiger partial charge in [0.15, 0.2) is 6.10 Å². The van der Waals surface area contributed by atoms with E-state index < -0.39 is 18.0 Å². The van der Waals surface area contributed by atoms with E-state index in [0.717, 1.165) is 7.11 Å². The number of aromatic hydroxyl groups is 1. The smallest absolute Gasteiger partial charge is 0.336 e. The molecular formula is C12H15NO6. The van der Waals surface area contributed by atoms with E-state index in [1.165, 1.54) is 25.3 Å². The number of aliphatic hydroxyl groups is 1. The number of benzene rings is 1. The molecule has 0 fully saturated rings. The molecule has 0 spiro atoms. The molecule has 0 aliphatic rings. The number of carbonyl (C=O) groups excluding carboxylic acids is 2. The molecule has 1 aromatic carbocycles. The Balaban J connectivity index is 2.66. The molecule has 1 rings (SSSR count). The lowest BCUT2D eigenvalue weighted by Crippen LogP contribution is -2.37. The van der Waals surface area contributed by atoms with Crippen molar-refractivity contribution < 1.29 is 29.3 Å². The van der Waals surface area contributed by atoms with Crippen molar-refractivity contribution in [2.24, 2.45) is 0 Å². The Labute approximate surface area is 109 Å². The van der Waals surface area contributed by atoms with Gasteiger partial charge in [-0.2, -0.15) is 0 Å². The van der Waals surface area contributed by atoms with Crippen LogP contribution < -0.4 is 10.1 Å². The molecule has 7 heteroatoms. The van der Waals surface area contributed by atoms with Crippen molar-refractivity contribution in [2.75, 3.05) is 20.8 Å². The molecule has 104 valence electrons. The van der Waals surface area contributed by atoms with Gasteiger partial charge in [0.2, 0.25) is 0 Å². The van der Waals surface area contributed by atoms with Gasteiger partial charge in [-0.3, -0.25) is 4.79 Å². The summed E-state index contributed by atoms with van der Waals surface area (Å²) in [6, 6.07) is 4.16. The average Bonchev–Trinajstić information content (AvgIpc) is 2.43. The van der Waals surface area contributed by atoms with Gasteiger partial charge >= 0.3 is 5.97 Å². The van der Waals surface area contributed by atoms with E-state index >= 15 is 0 Å². The summed E-state index contributed by atoms with van der Waals surface area (Å²) in [5, 5.41) is 21.2. The quantitative estimate of drug-likeness (QED) is 0.632. The van der Waals surface area contributed by atoms with Crippen molar-refractivity contribution >= 4 is 11.9 Å². The minimum absolute atomic E-state index is 0.0119. The third-order valence-corrected chi connectivity index (χ3v) is 2.38. The maximum atomic E-state index is 11.7. The normalized spacial score (nSPS) is 11.5. The van der Waals surface area contributed by atoms with Gasteiger partial charge in [-0.1, -0.05) is 0 Å². The first-order valence-electron chi connectivity index (χ1n) is 5.40. The predicted octanol–water partition coefficient (Wildman–Crippen LogP) is -0.336. The molecule has 0 saturated carbocycles. The lowest BCUT2D eigenvalue weighted by Gasteiger charge is -2.11. The van der Waals surface area contributed by atoms with Gasteiger partial charge in [-0.25, -0.2) is 4.79 Å². The van der Waals surface area contributed by atoms with Crippen LogP contribution in [-0.2, 0) is 9.53 Å². The third kappa shape index (κ3) is 3.85. The molecule has 0 aliphatic carbocycles. The van der Waals surface area contributed by atoms with Crippen LogP contribution in [0.2, 0.25) is 0 Å². The van der Waals surface area contributed by atoms with Crippen LogP contribution >= 0.6 is 0 Å². The second-order valence-corrected chi connectivity index (χ2v) is 3.63. The Morgan fingerprint density at radius 1 is 1.37 bits per heavy atom. The standard InChI is InChI=1S/C12H15NO6/c1-18-7-3-4-8(9(14)5-7)11(16)13-6-10(15)12(17)19-2/h3-5,10,14-15H,6H2,1-2H3,(H,13,16). The van der Waals surface area contributed by atoms with Gasteiger partial charge in [0.25, 0.3) is 5.91 Å². The van der Waals surface area contributed by atoms with Crippen LogP contribution in [-0.4, -0.2) is 49.0 Å². The summed E-state index contributed by atoms with van der Waals surface area (Å²) in [6.07, 6.45) is -1.45. The molecule has 1 aromatic rings. The predicted molar refractivity (Wildman–Crippen MR) is 65.0 cm³/mol. The Kier molecular flexibility index (Phi) is 5.13. The fraction of sp³-hybridized carbons (Fsp3) is 0.333. The Hall–Kier alpha value is -2.28. The van der Waals surface area contributed by atoms with E-state index in [0.29, 0.717) is 5.75 Å². The van der Waals surface area contributed by atoms with Gasteiger partial charge < -0.3 is 25.0 Å². The highest BCUT2D eigenvalue weighted by atomic mass is 16.5. The number of hydrogen-bond acceptors (Lipinski definition) is 6. The number of ether oxygens (including phenoxy) is 2. The van der Waals surface area contributed by atoms with Gasteiger partial charge in [0.05, 0.1) is 26.3 Å². The summed E-state index contributed by atoms with van der Waals surface area (Å²) in [6.45, 7) is -0.309. The summed E-state index contributed by atoms with van der Waals surface area (Å²) in [4.78, 5) is 22.6. The van der Waals surface area contributed by atoms with E-state index in [2.05, 4.69) is 10.1 Å². The molecule has 0 saturated heterocycles. The molecule has 19 heavy (non-hydrogen) atoms. The average molecular weight is 269 g/mol. The van der Waals surface area contributed by atoms with Crippen molar-refractivity contribution in [3.63, 3.8) is 0 Å². The minimum atomic E-state index is -1.45. The number of phenols is 1. The van der Waals surface area contributed by atoms with Crippen molar-refractivity contribution in [1.82, 2.24) is 5.32 Å². The van der Waals surface area contributed by atoms with E-state index in [4.69, 9.17) is 4.74 Å². The van der Waals surface area contributed by atoms with Crippen LogP contribution in [0.3, 0.4) is 0 Å². The summed E-state index contributed by atoms with van der Waals surface area (Å²) in [7, 11) is 2.56. The summed E-state index contributed by atoms with van der Waals surface area (Å²) < 4.78 is 9.18. The molecule has 0 aliphatic heterocycles. The number of phenolic OH excluding ortho intramolecular Hbond substituents is 1. The number of hydrogen-bond donors (Lipinski definition) is 3. The summed E-state index contributed by atoms with van der Waals surface area (Å²) >= 11 is 0. The van der Waals surface area contributed by atoms with Crippen LogP contribution in [0.15, 0.2) is 18.2 Å². The topological polar surface area (TPSA) is 105 Å². The van der Waals surface area contributed by atoms with Crippen LogP contribution in [0.1, 0.15) is 10.4 Å². The first kappa shape index (κ1) is 14.8. The number of esters is 1. The van der Waals surface area contributed by atoms with Gasteiger partial charge in [0, 0.05) is 6.07 Å². The molecule has 1 unspecified atom stereocenters. The van der Waals surface area contributed by atoms with Crippen molar-refractivity contribution in [2.45, 2.75) is 6.10 Å². The van der Waals surface area contributed by atoms with Crippen LogP contribution in [0, 0.1) is 0 Å². The van der Waals surface area contributed by atoms with Crippen LogP contribution in [0.25, 0.3) is 0 Å². The molecule has 1 atom stereocenters. The Bertz CT molecular complexity index is 473. The van der Waals surface area contributed by atoms with Gasteiger partial charge in [0.1, 0.15) is 11.5 Å². The van der Waals surface area contributed by atoms with Crippen molar-refractivity contribution in [3.05, 3.63) is 23.8 Å². The minimum Gasteiger partial charge on any atom is -0.507 e.